The minimum atomic E-state index is -0.460. The van der Waals surface area contributed by atoms with Gasteiger partial charge in [-0.3, -0.25) is 9.59 Å². The molecular formula is C25H21NO7. The molecule has 1 aromatic heterocycles. The number of carbonyl (C=O) groups excluding carboxylic acids is 1. The zero-order valence-corrected chi connectivity index (χ0v) is 18.2. The van der Waals surface area contributed by atoms with Crippen molar-refractivity contribution in [3.8, 4) is 34.3 Å². The van der Waals surface area contributed by atoms with Gasteiger partial charge in [0.1, 0.15) is 22.5 Å². The Balaban J connectivity index is 1.70. The number of anilines is 1. The Morgan fingerprint density at radius 1 is 0.939 bits per heavy atom. The number of nitrogens with one attached hydrogen (secondary N) is 1. The molecule has 0 radical (unpaired) electrons. The number of hydrogen-bond donors (Lipinski definition) is 2. The van der Waals surface area contributed by atoms with Gasteiger partial charge in [-0.25, -0.2) is 0 Å². The van der Waals surface area contributed by atoms with Gasteiger partial charge in [-0.1, -0.05) is 12.1 Å². The molecule has 3 aromatic carbocycles. The number of phenols is 1. The van der Waals surface area contributed by atoms with Crippen LogP contribution in [0.3, 0.4) is 0 Å². The Hall–Kier alpha value is -4.46. The maximum Gasteiger partial charge on any atom is 0.255 e. The number of amides is 1. The van der Waals surface area contributed by atoms with E-state index in [-0.39, 0.29) is 39.9 Å². The van der Waals surface area contributed by atoms with Crippen molar-refractivity contribution in [2.45, 2.75) is 0 Å². The van der Waals surface area contributed by atoms with Gasteiger partial charge >= 0.3 is 0 Å². The predicted octanol–water partition coefficient (Wildman–Crippen LogP) is 4.44. The van der Waals surface area contributed by atoms with Gasteiger partial charge in [0.25, 0.3) is 5.91 Å². The van der Waals surface area contributed by atoms with Gasteiger partial charge in [0.05, 0.1) is 21.3 Å². The van der Waals surface area contributed by atoms with Gasteiger partial charge in [-0.2, -0.15) is 0 Å². The van der Waals surface area contributed by atoms with Crippen molar-refractivity contribution in [3.63, 3.8) is 0 Å². The topological polar surface area (TPSA) is 107 Å². The molecular weight excluding hydrogens is 426 g/mol. The second-order valence-electron chi connectivity index (χ2n) is 7.07. The zero-order chi connectivity index (χ0) is 23.5. The molecule has 0 spiro atoms. The molecule has 0 aliphatic rings. The summed E-state index contributed by atoms with van der Waals surface area (Å²) in [7, 11) is 4.34. The lowest BCUT2D eigenvalue weighted by molar-refractivity contribution is 0.102. The molecule has 1 amide bonds. The van der Waals surface area contributed by atoms with Crippen LogP contribution >= 0.6 is 0 Å². The van der Waals surface area contributed by atoms with Crippen LogP contribution in [-0.4, -0.2) is 32.3 Å². The first-order chi connectivity index (χ1) is 15.9. The van der Waals surface area contributed by atoms with Crippen LogP contribution in [0.1, 0.15) is 10.4 Å². The summed E-state index contributed by atoms with van der Waals surface area (Å²) < 4.78 is 21.4. The molecule has 0 saturated heterocycles. The van der Waals surface area contributed by atoms with Crippen LogP contribution in [-0.2, 0) is 0 Å². The predicted molar refractivity (Wildman–Crippen MR) is 124 cm³/mol. The number of fused-ring (bicyclic) bond motifs is 1. The number of hydrogen-bond acceptors (Lipinski definition) is 7. The van der Waals surface area contributed by atoms with E-state index in [1.54, 1.807) is 55.6 Å². The minimum Gasteiger partial charge on any atom is -0.504 e. The van der Waals surface area contributed by atoms with Gasteiger partial charge in [0.15, 0.2) is 16.9 Å². The standard InChI is InChI=1S/C25H21NO7/c1-30-17-9-7-16(8-10-17)26-25(29)15-6-4-5-14(11-15)19-12-18(27)22-20(33-19)13-21(31-2)24(32-3)23(22)28/h4-13,28H,1-3H3,(H,26,29). The largest absolute Gasteiger partial charge is 0.504 e. The third kappa shape index (κ3) is 4.18. The molecule has 0 aliphatic heterocycles. The number of benzene rings is 3. The van der Waals surface area contributed by atoms with E-state index in [0.717, 1.165) is 0 Å². The molecule has 0 unspecified atom stereocenters. The normalized spacial score (nSPS) is 10.6. The molecule has 2 N–H and O–H groups in total. The molecule has 8 nitrogen and oxygen atoms in total. The summed E-state index contributed by atoms with van der Waals surface area (Å²) in [6, 6.07) is 16.4. The number of phenolic OH excluding ortho intramolecular Hbond substituents is 1. The van der Waals surface area contributed by atoms with E-state index in [1.165, 1.54) is 26.4 Å². The van der Waals surface area contributed by atoms with E-state index >= 15 is 0 Å². The van der Waals surface area contributed by atoms with Crippen LogP contribution in [0.4, 0.5) is 5.69 Å². The summed E-state index contributed by atoms with van der Waals surface area (Å²) in [6.07, 6.45) is 0. The number of methoxy groups -OCH3 is 3. The quantitative estimate of drug-likeness (QED) is 0.450. The maximum absolute atomic E-state index is 12.8. The zero-order valence-electron chi connectivity index (χ0n) is 18.2. The van der Waals surface area contributed by atoms with Crippen LogP contribution < -0.4 is 25.0 Å². The molecule has 168 valence electrons. The van der Waals surface area contributed by atoms with Crippen LogP contribution in [0.5, 0.6) is 23.0 Å². The van der Waals surface area contributed by atoms with E-state index in [4.69, 9.17) is 18.6 Å². The SMILES string of the molecule is COc1ccc(NC(=O)c2cccc(-c3cc(=O)c4c(O)c(OC)c(OC)cc4o3)c2)cc1. The Morgan fingerprint density at radius 2 is 1.70 bits per heavy atom. The highest BCUT2D eigenvalue weighted by Crippen LogP contribution is 2.42. The highest BCUT2D eigenvalue weighted by atomic mass is 16.5. The molecule has 33 heavy (non-hydrogen) atoms. The molecule has 0 bridgehead atoms. The van der Waals surface area contributed by atoms with Gasteiger partial charge in [0, 0.05) is 28.9 Å². The summed E-state index contributed by atoms with van der Waals surface area (Å²) >= 11 is 0. The van der Waals surface area contributed by atoms with Crippen LogP contribution in [0, 0.1) is 0 Å². The van der Waals surface area contributed by atoms with Crippen molar-refractivity contribution >= 4 is 22.6 Å². The van der Waals surface area contributed by atoms with Crippen molar-refractivity contribution in [2.24, 2.45) is 0 Å². The summed E-state index contributed by atoms with van der Waals surface area (Å²) in [5, 5.41) is 13.3. The van der Waals surface area contributed by atoms with Crippen LogP contribution in [0.2, 0.25) is 0 Å². The van der Waals surface area contributed by atoms with E-state index in [2.05, 4.69) is 5.32 Å². The third-order valence-corrected chi connectivity index (χ3v) is 5.09. The molecule has 0 saturated carbocycles. The second kappa shape index (κ2) is 8.96. The average Bonchev–Trinajstić information content (AvgIpc) is 2.84. The highest BCUT2D eigenvalue weighted by Gasteiger charge is 2.19. The van der Waals surface area contributed by atoms with Crippen molar-refractivity contribution in [2.75, 3.05) is 26.6 Å². The van der Waals surface area contributed by atoms with Crippen molar-refractivity contribution in [1.29, 1.82) is 0 Å². The fourth-order valence-electron chi connectivity index (χ4n) is 3.44. The Morgan fingerprint density at radius 3 is 2.36 bits per heavy atom. The van der Waals surface area contributed by atoms with Gasteiger partial charge in [-0.05, 0) is 36.4 Å². The van der Waals surface area contributed by atoms with Crippen molar-refractivity contribution in [1.82, 2.24) is 0 Å². The molecule has 0 aliphatic carbocycles. The van der Waals surface area contributed by atoms with Crippen LogP contribution in [0.25, 0.3) is 22.3 Å². The Labute approximate surface area is 188 Å². The Kier molecular flexibility index (Phi) is 5.91. The minimum absolute atomic E-state index is 0.0233. The second-order valence-corrected chi connectivity index (χ2v) is 7.07. The molecule has 1 heterocycles. The highest BCUT2D eigenvalue weighted by molar-refractivity contribution is 6.05. The smallest absolute Gasteiger partial charge is 0.255 e. The fraction of sp³-hybridized carbons (Fsp3) is 0.120. The maximum atomic E-state index is 12.8. The lowest BCUT2D eigenvalue weighted by Crippen LogP contribution is -2.11. The van der Waals surface area contributed by atoms with E-state index in [1.807, 2.05) is 0 Å². The molecule has 0 fully saturated rings. The number of carbonyl (C=O) groups is 1. The van der Waals surface area contributed by atoms with E-state index < -0.39 is 5.43 Å². The first-order valence-electron chi connectivity index (χ1n) is 9.92. The van der Waals surface area contributed by atoms with Gasteiger partial charge in [-0.15, -0.1) is 0 Å². The van der Waals surface area contributed by atoms with Crippen molar-refractivity contribution in [3.05, 3.63) is 76.5 Å². The van der Waals surface area contributed by atoms with E-state index in [0.29, 0.717) is 22.6 Å². The van der Waals surface area contributed by atoms with Gasteiger partial charge < -0.3 is 29.1 Å². The van der Waals surface area contributed by atoms with Crippen LogP contribution in [0.15, 0.2) is 69.9 Å². The number of rotatable bonds is 6. The molecule has 4 rings (SSSR count). The van der Waals surface area contributed by atoms with Gasteiger partial charge in [0.2, 0.25) is 5.75 Å². The number of ether oxygens (including phenoxy) is 3. The summed E-state index contributed by atoms with van der Waals surface area (Å²) in [6.45, 7) is 0. The number of aromatic hydroxyl groups is 1. The first kappa shape index (κ1) is 21.8. The molecule has 4 aromatic rings. The average molecular weight is 447 g/mol. The monoisotopic (exact) mass is 447 g/mol. The fourth-order valence-corrected chi connectivity index (χ4v) is 3.44. The van der Waals surface area contributed by atoms with Crippen molar-refractivity contribution < 1.29 is 28.5 Å². The molecule has 8 heteroatoms. The molecule has 0 atom stereocenters. The summed E-state index contributed by atoms with van der Waals surface area (Å²) in [5.74, 6) is 0.492. The Bertz CT molecular complexity index is 1390. The summed E-state index contributed by atoms with van der Waals surface area (Å²) in [4.78, 5) is 25.5. The first-order valence-corrected chi connectivity index (χ1v) is 9.92. The third-order valence-electron chi connectivity index (χ3n) is 5.09. The van der Waals surface area contributed by atoms with E-state index in [9.17, 15) is 14.7 Å². The summed E-state index contributed by atoms with van der Waals surface area (Å²) in [5.41, 5.74) is 1.17. The lowest BCUT2D eigenvalue weighted by Gasteiger charge is -2.12. The lowest BCUT2D eigenvalue weighted by atomic mass is 10.1.